The Morgan fingerprint density at radius 2 is 1.81 bits per heavy atom. The van der Waals surface area contributed by atoms with Crippen molar-refractivity contribution < 1.29 is 23.8 Å². The molecule has 7 heteroatoms. The fourth-order valence-electron chi connectivity index (χ4n) is 3.27. The number of hydrogen-bond donors (Lipinski definition) is 2. The summed E-state index contributed by atoms with van der Waals surface area (Å²) in [5, 5.41) is 20.6. The zero-order chi connectivity index (χ0) is 23.2. The molecule has 3 rings (SSSR count). The number of benzene rings is 1. The molecule has 0 aliphatic carbocycles. The zero-order valence-corrected chi connectivity index (χ0v) is 20.5. The highest BCUT2D eigenvalue weighted by Gasteiger charge is 2.44. The van der Waals surface area contributed by atoms with Crippen LogP contribution >= 0.6 is 0 Å². The molecular weight excluding hydrogens is 413 g/mol. The molecule has 0 amide bonds. The maximum Gasteiger partial charge on any atom is 0.192 e. The fraction of sp³-hybridized carbons (Fsp3) is 0.542. The zero-order valence-electron chi connectivity index (χ0n) is 19.5. The van der Waals surface area contributed by atoms with Crippen molar-refractivity contribution >= 4 is 8.32 Å². The number of hydrogen-bond acceptors (Lipinski definition) is 5. The van der Waals surface area contributed by atoms with Crippen molar-refractivity contribution in [1.82, 2.24) is 4.98 Å². The molecule has 170 valence electrons. The van der Waals surface area contributed by atoms with Crippen LogP contribution in [0.1, 0.15) is 45.9 Å². The van der Waals surface area contributed by atoms with E-state index in [2.05, 4.69) is 45.8 Å². The van der Waals surface area contributed by atoms with Gasteiger partial charge in [-0.25, -0.2) is 9.37 Å². The molecule has 1 aliphatic rings. The van der Waals surface area contributed by atoms with Crippen molar-refractivity contribution in [1.29, 1.82) is 0 Å². The Hall–Kier alpha value is -1.80. The first-order valence-electron chi connectivity index (χ1n) is 10.6. The largest absolute Gasteiger partial charge is 0.490 e. The van der Waals surface area contributed by atoms with E-state index in [0.717, 1.165) is 5.56 Å². The van der Waals surface area contributed by atoms with Gasteiger partial charge in [0.1, 0.15) is 29.5 Å². The van der Waals surface area contributed by atoms with Gasteiger partial charge in [0.05, 0.1) is 17.7 Å². The van der Waals surface area contributed by atoms with Crippen LogP contribution in [0.3, 0.4) is 0 Å². The second kappa shape index (κ2) is 7.96. The molecule has 5 nitrogen and oxygen atoms in total. The summed E-state index contributed by atoms with van der Waals surface area (Å²) in [4.78, 5) is 4.61. The van der Waals surface area contributed by atoms with E-state index in [-0.39, 0.29) is 10.9 Å². The van der Waals surface area contributed by atoms with Crippen molar-refractivity contribution in [2.24, 2.45) is 0 Å². The quantitative estimate of drug-likeness (QED) is 0.625. The number of halogens is 1. The van der Waals surface area contributed by atoms with Crippen LogP contribution in [0.15, 0.2) is 30.3 Å². The molecule has 1 aromatic heterocycles. The summed E-state index contributed by atoms with van der Waals surface area (Å²) < 4.78 is 26.1. The fourth-order valence-corrected chi connectivity index (χ4v) is 4.39. The minimum absolute atomic E-state index is 0.0783. The molecule has 0 fully saturated rings. The van der Waals surface area contributed by atoms with E-state index in [1.54, 1.807) is 18.2 Å². The van der Waals surface area contributed by atoms with E-state index in [1.807, 2.05) is 0 Å². The molecule has 2 atom stereocenters. The average molecular weight is 448 g/mol. The Bertz CT molecular complexity index is 953. The third-order valence-electron chi connectivity index (χ3n) is 6.69. The number of pyridine rings is 1. The molecule has 0 bridgehead atoms. The van der Waals surface area contributed by atoms with Crippen LogP contribution in [0, 0.1) is 5.82 Å². The van der Waals surface area contributed by atoms with Gasteiger partial charge >= 0.3 is 0 Å². The summed E-state index contributed by atoms with van der Waals surface area (Å²) in [5.41, 5.74) is 0.470. The smallest absolute Gasteiger partial charge is 0.192 e. The Balaban J connectivity index is 2.10. The number of fused-ring (bicyclic) bond motifs is 1. The first-order valence-corrected chi connectivity index (χ1v) is 13.5. The molecule has 2 heterocycles. The Morgan fingerprint density at radius 1 is 1.19 bits per heavy atom. The lowest BCUT2D eigenvalue weighted by Gasteiger charge is -2.38. The molecular formula is C24H34FNO4Si. The molecule has 0 saturated carbocycles. The minimum atomic E-state index is -1.98. The van der Waals surface area contributed by atoms with Gasteiger partial charge in [0.2, 0.25) is 0 Å². The summed E-state index contributed by atoms with van der Waals surface area (Å²) in [5.74, 6) is 0.276. The maximum atomic E-state index is 13.5. The molecule has 2 aromatic rings. The SMILES string of the molecule is CC(O)(CO)c1cc2c(c(-c3ccc(F)cc3)n1)OC[C@]2(C)CO[Si](C)(C)C(C)(C)C. The predicted octanol–water partition coefficient (Wildman–Crippen LogP) is 4.76. The van der Waals surface area contributed by atoms with E-state index in [9.17, 15) is 14.6 Å². The van der Waals surface area contributed by atoms with Crippen LogP contribution < -0.4 is 4.74 Å². The second-order valence-electron chi connectivity index (χ2n) is 10.6. The number of aliphatic hydroxyl groups excluding tert-OH is 1. The molecule has 0 radical (unpaired) electrons. The lowest BCUT2D eigenvalue weighted by atomic mass is 9.83. The van der Waals surface area contributed by atoms with Gasteiger partial charge in [0.15, 0.2) is 8.32 Å². The Morgan fingerprint density at radius 3 is 2.35 bits per heavy atom. The molecule has 0 saturated heterocycles. The third-order valence-corrected chi connectivity index (χ3v) is 11.2. The first-order chi connectivity index (χ1) is 14.2. The minimum Gasteiger partial charge on any atom is -0.490 e. The van der Waals surface area contributed by atoms with E-state index in [0.29, 0.717) is 35.9 Å². The van der Waals surface area contributed by atoms with Crippen LogP contribution in [0.2, 0.25) is 18.1 Å². The topological polar surface area (TPSA) is 71.8 Å². The van der Waals surface area contributed by atoms with E-state index in [4.69, 9.17) is 9.16 Å². The first kappa shape index (κ1) is 23.9. The number of rotatable bonds is 6. The summed E-state index contributed by atoms with van der Waals surface area (Å²) in [6.07, 6.45) is 0. The average Bonchev–Trinajstić information content (AvgIpc) is 3.03. The van der Waals surface area contributed by atoms with Crippen LogP contribution in [0.25, 0.3) is 11.3 Å². The molecule has 1 aliphatic heterocycles. The van der Waals surface area contributed by atoms with E-state index >= 15 is 0 Å². The lowest BCUT2D eigenvalue weighted by molar-refractivity contribution is -0.00588. The number of ether oxygens (including phenoxy) is 1. The second-order valence-corrected chi connectivity index (χ2v) is 15.4. The van der Waals surface area contributed by atoms with E-state index < -0.39 is 25.9 Å². The Kier molecular flexibility index (Phi) is 6.12. The highest BCUT2D eigenvalue weighted by molar-refractivity contribution is 6.74. The monoisotopic (exact) mass is 447 g/mol. The van der Waals surface area contributed by atoms with Gasteiger partial charge in [0, 0.05) is 17.7 Å². The molecule has 1 unspecified atom stereocenters. The molecule has 31 heavy (non-hydrogen) atoms. The van der Waals surface area contributed by atoms with Crippen molar-refractivity contribution in [3.63, 3.8) is 0 Å². The maximum absolute atomic E-state index is 13.5. The van der Waals surface area contributed by atoms with Crippen molar-refractivity contribution in [3.8, 4) is 17.0 Å². The molecule has 2 N–H and O–H groups in total. The number of aliphatic hydroxyl groups is 2. The van der Waals surface area contributed by atoms with Gasteiger partial charge in [-0.1, -0.05) is 20.8 Å². The van der Waals surface area contributed by atoms with Gasteiger partial charge in [-0.3, -0.25) is 0 Å². The lowest BCUT2D eigenvalue weighted by Crippen LogP contribution is -2.45. The molecule has 1 aromatic carbocycles. The van der Waals surface area contributed by atoms with Gasteiger partial charge in [-0.2, -0.15) is 0 Å². The predicted molar refractivity (Wildman–Crippen MR) is 122 cm³/mol. The molecule has 0 spiro atoms. The van der Waals surface area contributed by atoms with Crippen LogP contribution in [-0.4, -0.2) is 43.3 Å². The van der Waals surface area contributed by atoms with Crippen LogP contribution in [0.4, 0.5) is 4.39 Å². The normalized spacial score (nSPS) is 20.8. The van der Waals surface area contributed by atoms with Crippen LogP contribution in [0.5, 0.6) is 5.75 Å². The van der Waals surface area contributed by atoms with Crippen molar-refractivity contribution in [2.45, 2.75) is 63.8 Å². The summed E-state index contributed by atoms with van der Waals surface area (Å²) in [6.45, 7) is 15.1. The number of nitrogens with zero attached hydrogens (tertiary/aromatic N) is 1. The highest BCUT2D eigenvalue weighted by atomic mass is 28.4. The third kappa shape index (κ3) is 4.55. The summed E-state index contributed by atoms with van der Waals surface area (Å²) in [7, 11) is -1.98. The summed E-state index contributed by atoms with van der Waals surface area (Å²) >= 11 is 0. The van der Waals surface area contributed by atoms with Crippen LogP contribution in [-0.2, 0) is 15.4 Å². The highest BCUT2D eigenvalue weighted by Crippen LogP contribution is 2.47. The van der Waals surface area contributed by atoms with Crippen molar-refractivity contribution in [2.75, 3.05) is 19.8 Å². The Labute approximate surface area is 185 Å². The van der Waals surface area contributed by atoms with E-state index in [1.165, 1.54) is 19.1 Å². The van der Waals surface area contributed by atoms with Gasteiger partial charge in [-0.15, -0.1) is 0 Å². The van der Waals surface area contributed by atoms with Gasteiger partial charge in [-0.05, 0) is 62.3 Å². The summed E-state index contributed by atoms with van der Waals surface area (Å²) in [6, 6.07) is 7.83. The standard InChI is InChI=1S/C24H34FNO4Si/c1-22(2,3)31(6,7)30-15-23(4)14-29-21-18(23)12-19(24(5,28)13-27)26-20(21)16-8-10-17(25)11-9-16/h8-12,27-28H,13-15H2,1-7H3/t23-,24?/m1/s1. The number of aromatic nitrogens is 1. The van der Waals surface area contributed by atoms with Gasteiger partial charge < -0.3 is 19.4 Å². The van der Waals surface area contributed by atoms with Crippen molar-refractivity contribution in [3.05, 3.63) is 47.4 Å². The van der Waals surface area contributed by atoms with Gasteiger partial charge in [0.25, 0.3) is 0 Å².